The van der Waals surface area contributed by atoms with Gasteiger partial charge in [-0.25, -0.2) is 4.79 Å². The summed E-state index contributed by atoms with van der Waals surface area (Å²) in [4.78, 5) is 26.6. The first-order valence-electron chi connectivity index (χ1n) is 8.00. The number of carbonyl (C=O) groups is 2. The van der Waals surface area contributed by atoms with Crippen molar-refractivity contribution in [3.8, 4) is 11.5 Å². The SMILES string of the molecule is COc1ccc(C2(C)NC(=O)N(Cc3ccc(Cl)cc3)C2=O)cc1OC. The zero-order valence-electron chi connectivity index (χ0n) is 14.7. The summed E-state index contributed by atoms with van der Waals surface area (Å²) in [6, 6.07) is 11.7. The summed E-state index contributed by atoms with van der Waals surface area (Å²) in [6.45, 7) is 1.85. The van der Waals surface area contributed by atoms with Crippen LogP contribution in [0.15, 0.2) is 42.5 Å². The molecule has 2 aromatic carbocycles. The minimum absolute atomic E-state index is 0.171. The maximum Gasteiger partial charge on any atom is 0.325 e. The number of rotatable bonds is 5. The summed E-state index contributed by atoms with van der Waals surface area (Å²) in [5.41, 5.74) is 0.254. The van der Waals surface area contributed by atoms with Gasteiger partial charge in [0, 0.05) is 5.02 Å². The van der Waals surface area contributed by atoms with Crippen molar-refractivity contribution in [3.63, 3.8) is 0 Å². The Morgan fingerprint density at radius 1 is 1.04 bits per heavy atom. The molecule has 1 saturated heterocycles. The van der Waals surface area contributed by atoms with Crippen LogP contribution in [0.2, 0.25) is 5.02 Å². The molecule has 0 spiro atoms. The first-order chi connectivity index (χ1) is 12.4. The van der Waals surface area contributed by atoms with Gasteiger partial charge in [0.2, 0.25) is 0 Å². The lowest BCUT2D eigenvalue weighted by Crippen LogP contribution is -2.40. The van der Waals surface area contributed by atoms with Crippen LogP contribution in [-0.2, 0) is 16.9 Å². The molecule has 1 aliphatic heterocycles. The minimum atomic E-state index is -1.18. The average Bonchev–Trinajstić information content (AvgIpc) is 2.87. The van der Waals surface area contributed by atoms with E-state index in [4.69, 9.17) is 21.1 Å². The van der Waals surface area contributed by atoms with Crippen LogP contribution in [0.25, 0.3) is 0 Å². The van der Waals surface area contributed by atoms with Gasteiger partial charge in [-0.05, 0) is 42.3 Å². The number of methoxy groups -OCH3 is 2. The second kappa shape index (κ2) is 6.88. The lowest BCUT2D eigenvalue weighted by atomic mass is 9.91. The molecule has 1 aliphatic rings. The minimum Gasteiger partial charge on any atom is -0.493 e. The molecule has 1 atom stereocenters. The largest absolute Gasteiger partial charge is 0.493 e. The molecular formula is C19H19ClN2O4. The van der Waals surface area contributed by atoms with Crippen LogP contribution in [0.4, 0.5) is 4.79 Å². The number of carbonyl (C=O) groups excluding carboxylic acids is 2. The standard InChI is InChI=1S/C19H19ClN2O4/c1-19(13-6-9-15(25-2)16(10-13)26-3)17(23)22(18(24)21-19)11-12-4-7-14(20)8-5-12/h4-10H,11H2,1-3H3,(H,21,24). The quantitative estimate of drug-likeness (QED) is 0.815. The van der Waals surface area contributed by atoms with Gasteiger partial charge in [-0.15, -0.1) is 0 Å². The van der Waals surface area contributed by atoms with Crippen LogP contribution in [0.3, 0.4) is 0 Å². The highest BCUT2D eigenvalue weighted by molar-refractivity contribution is 6.30. The number of benzene rings is 2. The molecule has 0 aliphatic carbocycles. The Hall–Kier alpha value is -2.73. The molecule has 0 saturated carbocycles. The smallest absolute Gasteiger partial charge is 0.325 e. The molecule has 3 rings (SSSR count). The molecule has 1 unspecified atom stereocenters. The zero-order valence-corrected chi connectivity index (χ0v) is 15.5. The van der Waals surface area contributed by atoms with Crippen molar-refractivity contribution < 1.29 is 19.1 Å². The number of amides is 3. The van der Waals surface area contributed by atoms with Crippen LogP contribution in [0.1, 0.15) is 18.1 Å². The Bertz CT molecular complexity index is 853. The molecule has 0 aromatic heterocycles. The number of hydrogen-bond acceptors (Lipinski definition) is 4. The van der Waals surface area contributed by atoms with Crippen LogP contribution in [0, 0.1) is 0 Å². The van der Waals surface area contributed by atoms with Crippen molar-refractivity contribution in [1.82, 2.24) is 10.2 Å². The highest BCUT2D eigenvalue weighted by Crippen LogP contribution is 2.35. The van der Waals surface area contributed by atoms with E-state index in [1.807, 2.05) is 0 Å². The molecular weight excluding hydrogens is 356 g/mol. The maximum atomic E-state index is 13.0. The maximum absolute atomic E-state index is 13.0. The second-order valence-electron chi connectivity index (χ2n) is 6.14. The average molecular weight is 375 g/mol. The Kier molecular flexibility index (Phi) is 4.78. The molecule has 136 valence electrons. The van der Waals surface area contributed by atoms with Crippen molar-refractivity contribution in [3.05, 3.63) is 58.6 Å². The van der Waals surface area contributed by atoms with Gasteiger partial charge in [0.05, 0.1) is 20.8 Å². The zero-order chi connectivity index (χ0) is 18.9. The van der Waals surface area contributed by atoms with Gasteiger partial charge in [-0.3, -0.25) is 9.69 Å². The fourth-order valence-electron chi connectivity index (χ4n) is 2.96. The summed E-state index contributed by atoms with van der Waals surface area (Å²) < 4.78 is 10.5. The van der Waals surface area contributed by atoms with Crippen molar-refractivity contribution in [2.45, 2.75) is 19.0 Å². The number of nitrogens with zero attached hydrogens (tertiary/aromatic N) is 1. The molecule has 3 amide bonds. The third-order valence-corrected chi connectivity index (χ3v) is 4.74. The van der Waals surface area contributed by atoms with Crippen LogP contribution in [0.5, 0.6) is 11.5 Å². The predicted molar refractivity (Wildman–Crippen MR) is 97.4 cm³/mol. The van der Waals surface area contributed by atoms with Gasteiger partial charge in [0.25, 0.3) is 5.91 Å². The molecule has 7 heteroatoms. The van der Waals surface area contributed by atoms with Gasteiger partial charge >= 0.3 is 6.03 Å². The summed E-state index contributed by atoms with van der Waals surface area (Å²) in [7, 11) is 3.06. The highest BCUT2D eigenvalue weighted by Gasteiger charge is 2.49. The molecule has 1 N–H and O–H groups in total. The lowest BCUT2D eigenvalue weighted by Gasteiger charge is -2.23. The molecule has 0 radical (unpaired) electrons. The first kappa shape index (κ1) is 18.1. The number of ether oxygens (including phenoxy) is 2. The topological polar surface area (TPSA) is 67.9 Å². The molecule has 1 heterocycles. The van der Waals surface area contributed by atoms with E-state index in [1.165, 1.54) is 19.1 Å². The van der Waals surface area contributed by atoms with E-state index in [-0.39, 0.29) is 12.5 Å². The fraction of sp³-hybridized carbons (Fsp3) is 0.263. The van der Waals surface area contributed by atoms with Crippen LogP contribution < -0.4 is 14.8 Å². The predicted octanol–water partition coefficient (Wildman–Crippen LogP) is 3.32. The van der Waals surface area contributed by atoms with E-state index in [1.54, 1.807) is 49.4 Å². The second-order valence-corrected chi connectivity index (χ2v) is 6.58. The molecule has 2 aromatic rings. The highest BCUT2D eigenvalue weighted by atomic mass is 35.5. The monoisotopic (exact) mass is 374 g/mol. The lowest BCUT2D eigenvalue weighted by molar-refractivity contribution is -0.131. The van der Waals surface area contributed by atoms with E-state index in [0.717, 1.165) is 5.56 Å². The van der Waals surface area contributed by atoms with E-state index in [2.05, 4.69) is 5.32 Å². The van der Waals surface area contributed by atoms with E-state index >= 15 is 0 Å². The van der Waals surface area contributed by atoms with Crippen molar-refractivity contribution in [1.29, 1.82) is 0 Å². The summed E-state index contributed by atoms with van der Waals surface area (Å²) in [5, 5.41) is 3.38. The van der Waals surface area contributed by atoms with Gasteiger partial charge in [0.15, 0.2) is 11.5 Å². The molecule has 6 nitrogen and oxygen atoms in total. The molecule has 26 heavy (non-hydrogen) atoms. The van der Waals surface area contributed by atoms with E-state index < -0.39 is 11.6 Å². The molecule has 0 bridgehead atoms. The van der Waals surface area contributed by atoms with Crippen LogP contribution >= 0.6 is 11.6 Å². The third kappa shape index (κ3) is 3.08. The summed E-state index contributed by atoms with van der Waals surface area (Å²) in [5.74, 6) is 0.712. The van der Waals surface area contributed by atoms with Crippen molar-refractivity contribution >= 4 is 23.5 Å². The van der Waals surface area contributed by atoms with E-state index in [0.29, 0.717) is 22.1 Å². The van der Waals surface area contributed by atoms with E-state index in [9.17, 15) is 9.59 Å². The van der Waals surface area contributed by atoms with Gasteiger partial charge in [-0.1, -0.05) is 29.8 Å². The van der Waals surface area contributed by atoms with Gasteiger partial charge < -0.3 is 14.8 Å². The summed E-state index contributed by atoms with van der Waals surface area (Å²) >= 11 is 5.88. The number of halogens is 1. The summed E-state index contributed by atoms with van der Waals surface area (Å²) in [6.07, 6.45) is 0. The fourth-order valence-corrected chi connectivity index (χ4v) is 3.08. The van der Waals surface area contributed by atoms with Crippen LogP contribution in [-0.4, -0.2) is 31.1 Å². The van der Waals surface area contributed by atoms with Crippen molar-refractivity contribution in [2.75, 3.05) is 14.2 Å². The van der Waals surface area contributed by atoms with Gasteiger partial charge in [0.1, 0.15) is 5.54 Å². The number of nitrogens with one attached hydrogen (secondary N) is 1. The Balaban J connectivity index is 1.90. The number of imide groups is 1. The Labute approximate surface area is 156 Å². The van der Waals surface area contributed by atoms with Crippen molar-refractivity contribution in [2.24, 2.45) is 0 Å². The molecule has 1 fully saturated rings. The van der Waals surface area contributed by atoms with Gasteiger partial charge in [-0.2, -0.15) is 0 Å². The number of hydrogen-bond donors (Lipinski definition) is 1. The third-order valence-electron chi connectivity index (χ3n) is 4.49. The number of urea groups is 1. The Morgan fingerprint density at radius 2 is 1.69 bits per heavy atom. The Morgan fingerprint density at radius 3 is 2.31 bits per heavy atom. The normalized spacial score (nSPS) is 19.5. The first-order valence-corrected chi connectivity index (χ1v) is 8.38.